The van der Waals surface area contributed by atoms with Gasteiger partial charge in [0.1, 0.15) is 5.15 Å². The van der Waals surface area contributed by atoms with Crippen LogP contribution in [0.1, 0.15) is 20.2 Å². The maximum absolute atomic E-state index is 11.9. The molecule has 0 saturated carbocycles. The molecule has 2 heterocycles. The standard InChI is InChI=1S/C12H5Cl4NO3S/c13-7-8(14)10(17-11(16)9(7)15)12(19)20-4-5(18)6-2-1-3-21-6/h1-3H,4H2. The second-order valence-electron chi connectivity index (χ2n) is 3.67. The number of hydrogen-bond donors (Lipinski definition) is 0. The number of pyridine rings is 1. The molecule has 0 amide bonds. The molecule has 0 saturated heterocycles. The predicted octanol–water partition coefficient (Wildman–Crippen LogP) is 4.80. The molecule has 2 aromatic rings. The van der Waals surface area contributed by atoms with E-state index in [1.807, 2.05) is 0 Å². The van der Waals surface area contributed by atoms with Crippen molar-refractivity contribution in [2.24, 2.45) is 0 Å². The fourth-order valence-electron chi connectivity index (χ4n) is 1.33. The SMILES string of the molecule is O=C(COC(=O)c1nc(Cl)c(Cl)c(Cl)c1Cl)c1cccs1. The highest BCUT2D eigenvalue weighted by Crippen LogP contribution is 2.36. The van der Waals surface area contributed by atoms with Gasteiger partial charge in [-0.05, 0) is 11.4 Å². The summed E-state index contributed by atoms with van der Waals surface area (Å²) in [4.78, 5) is 27.8. The number of ether oxygens (including phenoxy) is 1. The summed E-state index contributed by atoms with van der Waals surface area (Å²) in [6.45, 7) is -0.435. The summed E-state index contributed by atoms with van der Waals surface area (Å²) in [6.07, 6.45) is 0. The molecule has 9 heteroatoms. The number of aromatic nitrogens is 1. The van der Waals surface area contributed by atoms with Crippen LogP contribution in [0.5, 0.6) is 0 Å². The van der Waals surface area contributed by atoms with Crippen molar-refractivity contribution >= 4 is 69.5 Å². The number of hydrogen-bond acceptors (Lipinski definition) is 5. The summed E-state index contributed by atoms with van der Waals surface area (Å²) < 4.78 is 4.86. The highest BCUT2D eigenvalue weighted by molar-refractivity contribution is 7.12. The molecule has 0 aliphatic carbocycles. The van der Waals surface area contributed by atoms with Gasteiger partial charge in [-0.3, -0.25) is 4.79 Å². The monoisotopic (exact) mass is 383 g/mol. The molecule has 0 N–H and O–H groups in total. The van der Waals surface area contributed by atoms with Crippen LogP contribution in [0.15, 0.2) is 17.5 Å². The Morgan fingerprint density at radius 3 is 2.48 bits per heavy atom. The van der Waals surface area contributed by atoms with Crippen LogP contribution in [0.2, 0.25) is 20.2 Å². The summed E-state index contributed by atoms with van der Waals surface area (Å²) in [5.41, 5.74) is -0.296. The summed E-state index contributed by atoms with van der Waals surface area (Å²) in [7, 11) is 0. The lowest BCUT2D eigenvalue weighted by Gasteiger charge is -2.07. The number of halogens is 4. The van der Waals surface area contributed by atoms with E-state index in [9.17, 15) is 9.59 Å². The maximum atomic E-state index is 11.9. The number of ketones is 1. The minimum atomic E-state index is -0.912. The van der Waals surface area contributed by atoms with Crippen molar-refractivity contribution in [3.05, 3.63) is 48.3 Å². The topological polar surface area (TPSA) is 56.3 Å². The van der Waals surface area contributed by atoms with E-state index in [4.69, 9.17) is 51.1 Å². The van der Waals surface area contributed by atoms with Crippen molar-refractivity contribution < 1.29 is 14.3 Å². The van der Waals surface area contributed by atoms with E-state index in [1.54, 1.807) is 17.5 Å². The van der Waals surface area contributed by atoms with E-state index in [0.29, 0.717) is 4.88 Å². The first-order valence-corrected chi connectivity index (χ1v) is 7.74. The van der Waals surface area contributed by atoms with Crippen molar-refractivity contribution in [1.82, 2.24) is 4.98 Å². The Bertz CT molecular complexity index is 703. The van der Waals surface area contributed by atoms with Crippen molar-refractivity contribution in [2.75, 3.05) is 6.61 Å². The Balaban J connectivity index is 2.13. The summed E-state index contributed by atoms with van der Waals surface area (Å²) >= 11 is 24.4. The number of esters is 1. The molecule has 110 valence electrons. The molecule has 0 aliphatic heterocycles. The molecule has 0 bridgehead atoms. The largest absolute Gasteiger partial charge is 0.452 e. The molecule has 0 atom stereocenters. The number of thiophene rings is 1. The molecule has 0 radical (unpaired) electrons. The maximum Gasteiger partial charge on any atom is 0.359 e. The fourth-order valence-corrected chi connectivity index (χ4v) is 2.79. The van der Waals surface area contributed by atoms with Crippen LogP contribution in [0.25, 0.3) is 0 Å². The lowest BCUT2D eigenvalue weighted by molar-refractivity contribution is 0.0470. The van der Waals surface area contributed by atoms with Crippen LogP contribution in [0.3, 0.4) is 0 Å². The minimum absolute atomic E-state index is 0.0606. The van der Waals surface area contributed by atoms with E-state index in [2.05, 4.69) is 4.98 Å². The lowest BCUT2D eigenvalue weighted by Crippen LogP contribution is -2.15. The molecular weight excluding hydrogens is 380 g/mol. The Kier molecular flexibility index (Phi) is 5.46. The van der Waals surface area contributed by atoms with Gasteiger partial charge in [0.15, 0.2) is 12.3 Å². The number of carbonyl (C=O) groups excluding carboxylic acids is 2. The first kappa shape index (κ1) is 16.5. The van der Waals surface area contributed by atoms with Crippen LogP contribution in [-0.4, -0.2) is 23.3 Å². The molecule has 0 fully saturated rings. The van der Waals surface area contributed by atoms with Gasteiger partial charge in [-0.2, -0.15) is 0 Å². The third kappa shape index (κ3) is 3.67. The van der Waals surface area contributed by atoms with Gasteiger partial charge < -0.3 is 4.74 Å². The average molecular weight is 385 g/mol. The zero-order valence-corrected chi connectivity index (χ0v) is 13.9. The van der Waals surface area contributed by atoms with E-state index < -0.39 is 12.6 Å². The quantitative estimate of drug-likeness (QED) is 0.431. The Morgan fingerprint density at radius 1 is 1.14 bits per heavy atom. The lowest BCUT2D eigenvalue weighted by atomic mass is 10.3. The molecule has 2 aromatic heterocycles. The summed E-state index contributed by atoms with van der Waals surface area (Å²) in [6, 6.07) is 3.35. The molecule has 0 spiro atoms. The van der Waals surface area contributed by atoms with Gasteiger partial charge in [-0.25, -0.2) is 9.78 Å². The highest BCUT2D eigenvalue weighted by atomic mass is 35.5. The Hall–Kier alpha value is -0.850. The molecular formula is C12H5Cl4NO3S. The Morgan fingerprint density at radius 2 is 1.86 bits per heavy atom. The smallest absolute Gasteiger partial charge is 0.359 e. The molecule has 21 heavy (non-hydrogen) atoms. The zero-order chi connectivity index (χ0) is 15.6. The van der Waals surface area contributed by atoms with Crippen LogP contribution in [-0.2, 0) is 4.74 Å². The molecule has 4 nitrogen and oxygen atoms in total. The minimum Gasteiger partial charge on any atom is -0.452 e. The van der Waals surface area contributed by atoms with E-state index in [0.717, 1.165) is 0 Å². The third-order valence-electron chi connectivity index (χ3n) is 2.31. The van der Waals surface area contributed by atoms with Gasteiger partial charge in [0.25, 0.3) is 0 Å². The van der Waals surface area contributed by atoms with Gasteiger partial charge in [-0.15, -0.1) is 11.3 Å². The highest BCUT2D eigenvalue weighted by Gasteiger charge is 2.22. The van der Waals surface area contributed by atoms with Crippen molar-refractivity contribution in [1.29, 1.82) is 0 Å². The van der Waals surface area contributed by atoms with E-state index in [1.165, 1.54) is 11.3 Å². The average Bonchev–Trinajstić information content (AvgIpc) is 3.00. The molecule has 2 rings (SSSR count). The number of carbonyl (C=O) groups is 2. The van der Waals surface area contributed by atoms with Crippen LogP contribution >= 0.6 is 57.7 Å². The second-order valence-corrected chi connectivity index (χ2v) is 6.11. The van der Waals surface area contributed by atoms with Gasteiger partial charge >= 0.3 is 5.97 Å². The van der Waals surface area contributed by atoms with Gasteiger partial charge in [0.2, 0.25) is 5.78 Å². The number of Topliss-reactive ketones (excluding diaryl/α,β-unsaturated/α-hetero) is 1. The second kappa shape index (κ2) is 6.94. The van der Waals surface area contributed by atoms with Crippen LogP contribution in [0, 0.1) is 0 Å². The number of nitrogens with zero attached hydrogens (tertiary/aromatic N) is 1. The molecule has 0 aromatic carbocycles. The van der Waals surface area contributed by atoms with Crippen molar-refractivity contribution in [3.63, 3.8) is 0 Å². The zero-order valence-electron chi connectivity index (χ0n) is 10.0. The van der Waals surface area contributed by atoms with Crippen LogP contribution < -0.4 is 0 Å². The summed E-state index contributed by atoms with van der Waals surface area (Å²) in [5, 5.41) is 1.22. The van der Waals surface area contributed by atoms with Gasteiger partial charge in [0.05, 0.1) is 19.9 Å². The molecule has 0 unspecified atom stereocenters. The van der Waals surface area contributed by atoms with Gasteiger partial charge in [-0.1, -0.05) is 52.5 Å². The Labute approximate surface area is 143 Å². The van der Waals surface area contributed by atoms with Crippen molar-refractivity contribution in [2.45, 2.75) is 0 Å². The molecule has 0 aliphatic rings. The van der Waals surface area contributed by atoms with Crippen molar-refractivity contribution in [3.8, 4) is 0 Å². The van der Waals surface area contributed by atoms with Gasteiger partial charge in [0, 0.05) is 0 Å². The first-order chi connectivity index (χ1) is 9.91. The fraction of sp³-hybridized carbons (Fsp3) is 0.0833. The normalized spacial score (nSPS) is 10.5. The first-order valence-electron chi connectivity index (χ1n) is 5.35. The third-order valence-corrected chi connectivity index (χ3v) is 4.90. The van der Waals surface area contributed by atoms with E-state index in [-0.39, 0.29) is 31.7 Å². The van der Waals surface area contributed by atoms with Crippen LogP contribution in [0.4, 0.5) is 0 Å². The van der Waals surface area contributed by atoms with E-state index >= 15 is 0 Å². The number of rotatable bonds is 4. The predicted molar refractivity (Wildman–Crippen MR) is 83.2 cm³/mol. The summed E-state index contributed by atoms with van der Waals surface area (Å²) in [5.74, 6) is -1.24.